The number of amides is 1. The first-order valence-corrected chi connectivity index (χ1v) is 11.4. The molecule has 2 atom stereocenters. The molecule has 1 aromatic rings. The Labute approximate surface area is 158 Å². The van der Waals surface area contributed by atoms with Crippen molar-refractivity contribution in [2.45, 2.75) is 31.1 Å². The third-order valence-electron chi connectivity index (χ3n) is 3.92. The Morgan fingerprint density at radius 2 is 2.21 bits per heavy atom. The van der Waals surface area contributed by atoms with E-state index >= 15 is 0 Å². The number of amidine groups is 1. The van der Waals surface area contributed by atoms with Gasteiger partial charge in [0.25, 0.3) is 0 Å². The van der Waals surface area contributed by atoms with Crippen LogP contribution in [0.1, 0.15) is 19.8 Å². The lowest BCUT2D eigenvalue weighted by atomic mass is 10.2. The summed E-state index contributed by atoms with van der Waals surface area (Å²) in [5.74, 6) is -0.0347. The van der Waals surface area contributed by atoms with E-state index in [1.54, 1.807) is 6.07 Å². The molecule has 0 N–H and O–H groups in total. The average Bonchev–Trinajstić information content (AvgIpc) is 2.91. The standard InChI is InChI=1S/C15H16BrClN2O3S2/c1-2-3-14(20)18-15-19(11-5-4-9(16)6-10(11)17)12-7-24(21,22)8-13(12)23-15/h4-6,12-13H,2-3,7-8H2,1H3/t12-,13+/m0/s1. The van der Waals surface area contributed by atoms with Gasteiger partial charge >= 0.3 is 0 Å². The van der Waals surface area contributed by atoms with Crippen LogP contribution in [0, 0.1) is 0 Å². The highest BCUT2D eigenvalue weighted by Crippen LogP contribution is 2.43. The molecule has 2 heterocycles. The van der Waals surface area contributed by atoms with Crippen LogP contribution in [0.4, 0.5) is 5.69 Å². The van der Waals surface area contributed by atoms with Crippen LogP contribution in [0.3, 0.4) is 0 Å². The summed E-state index contributed by atoms with van der Waals surface area (Å²) < 4.78 is 24.8. The molecule has 0 unspecified atom stereocenters. The van der Waals surface area contributed by atoms with E-state index in [1.165, 1.54) is 11.8 Å². The third kappa shape index (κ3) is 3.66. The molecule has 0 radical (unpaired) electrons. The molecule has 130 valence electrons. The molecule has 2 fully saturated rings. The van der Waals surface area contributed by atoms with Crippen LogP contribution in [0.5, 0.6) is 0 Å². The zero-order valence-electron chi connectivity index (χ0n) is 12.9. The van der Waals surface area contributed by atoms with Gasteiger partial charge in [0.1, 0.15) is 0 Å². The molecule has 5 nitrogen and oxygen atoms in total. The van der Waals surface area contributed by atoms with Crippen molar-refractivity contribution in [3.05, 3.63) is 27.7 Å². The second-order valence-corrected chi connectivity index (χ2v) is 10.5. The SMILES string of the molecule is CCCC(=O)N=C1S[C@@H]2CS(=O)(=O)C[C@@H]2N1c1ccc(Br)cc1Cl. The van der Waals surface area contributed by atoms with Crippen molar-refractivity contribution in [1.29, 1.82) is 0 Å². The predicted octanol–water partition coefficient (Wildman–Crippen LogP) is 3.50. The van der Waals surface area contributed by atoms with Crippen molar-refractivity contribution in [3.8, 4) is 0 Å². The highest BCUT2D eigenvalue weighted by molar-refractivity contribution is 9.10. The Balaban J connectivity index is 2.03. The maximum Gasteiger partial charge on any atom is 0.248 e. The van der Waals surface area contributed by atoms with E-state index in [9.17, 15) is 13.2 Å². The highest BCUT2D eigenvalue weighted by Gasteiger charge is 2.49. The molecule has 3 rings (SSSR count). The van der Waals surface area contributed by atoms with E-state index in [1.807, 2.05) is 24.0 Å². The Morgan fingerprint density at radius 3 is 2.88 bits per heavy atom. The van der Waals surface area contributed by atoms with Crippen LogP contribution in [0.2, 0.25) is 5.02 Å². The van der Waals surface area contributed by atoms with Gasteiger partial charge in [0.05, 0.1) is 28.3 Å². The number of benzene rings is 1. The Hall–Kier alpha value is -0.570. The summed E-state index contributed by atoms with van der Waals surface area (Å²) in [5.41, 5.74) is 0.681. The first-order chi connectivity index (χ1) is 11.3. The average molecular weight is 452 g/mol. The normalized spacial score (nSPS) is 26.8. The number of nitrogens with zero attached hydrogens (tertiary/aromatic N) is 2. The predicted molar refractivity (Wildman–Crippen MR) is 103 cm³/mol. The number of sulfone groups is 1. The van der Waals surface area contributed by atoms with E-state index in [4.69, 9.17) is 11.6 Å². The molecule has 24 heavy (non-hydrogen) atoms. The monoisotopic (exact) mass is 450 g/mol. The minimum absolute atomic E-state index is 0.0536. The van der Waals surface area contributed by atoms with Crippen molar-refractivity contribution < 1.29 is 13.2 Å². The second kappa shape index (κ2) is 6.97. The van der Waals surface area contributed by atoms with Crippen molar-refractivity contribution in [2.75, 3.05) is 16.4 Å². The van der Waals surface area contributed by atoms with Crippen LogP contribution >= 0.6 is 39.3 Å². The summed E-state index contributed by atoms with van der Waals surface area (Å²) in [4.78, 5) is 18.0. The fraction of sp³-hybridized carbons (Fsp3) is 0.467. The van der Waals surface area contributed by atoms with E-state index in [0.717, 1.165) is 10.9 Å². The lowest BCUT2D eigenvalue weighted by molar-refractivity contribution is -0.117. The molecule has 0 aliphatic carbocycles. The molecule has 2 saturated heterocycles. The molecule has 2 aliphatic rings. The number of carbonyl (C=O) groups excluding carboxylic acids is 1. The lowest BCUT2D eigenvalue weighted by Crippen LogP contribution is -2.37. The van der Waals surface area contributed by atoms with Crippen LogP contribution in [-0.2, 0) is 14.6 Å². The van der Waals surface area contributed by atoms with Crippen LogP contribution in [0.15, 0.2) is 27.7 Å². The molecule has 0 bridgehead atoms. The number of hydrogen-bond donors (Lipinski definition) is 0. The smallest absolute Gasteiger partial charge is 0.248 e. The zero-order valence-corrected chi connectivity index (χ0v) is 16.9. The molecule has 0 saturated carbocycles. The van der Waals surface area contributed by atoms with E-state index in [2.05, 4.69) is 20.9 Å². The summed E-state index contributed by atoms with van der Waals surface area (Å²) in [6.07, 6.45) is 1.10. The van der Waals surface area contributed by atoms with Crippen LogP contribution in [-0.4, -0.2) is 42.3 Å². The fourth-order valence-electron chi connectivity index (χ4n) is 2.90. The summed E-state index contributed by atoms with van der Waals surface area (Å²) >= 11 is 11.1. The van der Waals surface area contributed by atoms with Gasteiger partial charge in [-0.15, -0.1) is 0 Å². The topological polar surface area (TPSA) is 66.8 Å². The fourth-order valence-corrected chi connectivity index (χ4v) is 7.59. The zero-order chi connectivity index (χ0) is 17.5. The first-order valence-electron chi connectivity index (χ1n) is 7.53. The number of anilines is 1. The molecule has 1 aromatic carbocycles. The summed E-state index contributed by atoms with van der Waals surface area (Å²) in [6.45, 7) is 1.92. The largest absolute Gasteiger partial charge is 0.314 e. The Morgan fingerprint density at radius 1 is 1.46 bits per heavy atom. The summed E-state index contributed by atoms with van der Waals surface area (Å²) in [6, 6.07) is 5.17. The van der Waals surface area contributed by atoms with Gasteiger partial charge in [0, 0.05) is 16.1 Å². The van der Waals surface area contributed by atoms with Crippen LogP contribution < -0.4 is 4.90 Å². The van der Waals surface area contributed by atoms with Gasteiger partial charge in [-0.3, -0.25) is 4.79 Å². The van der Waals surface area contributed by atoms with Gasteiger partial charge in [-0.05, 0) is 24.6 Å². The van der Waals surface area contributed by atoms with Gasteiger partial charge in [-0.25, -0.2) is 8.42 Å². The summed E-state index contributed by atoms with van der Waals surface area (Å²) in [5, 5.41) is 0.913. The second-order valence-electron chi connectivity index (χ2n) is 5.80. The maximum atomic E-state index is 12.0. The number of aliphatic imine (C=N–C) groups is 1. The van der Waals surface area contributed by atoms with Gasteiger partial charge in [0.2, 0.25) is 5.91 Å². The number of halogens is 2. The van der Waals surface area contributed by atoms with Gasteiger partial charge in [-0.2, -0.15) is 4.99 Å². The molecule has 2 aliphatic heterocycles. The third-order valence-corrected chi connectivity index (χ3v) is 7.93. The summed E-state index contributed by atoms with van der Waals surface area (Å²) in [7, 11) is -3.08. The number of thioether (sulfide) groups is 1. The van der Waals surface area contributed by atoms with E-state index < -0.39 is 9.84 Å². The van der Waals surface area contributed by atoms with Crippen molar-refractivity contribution in [1.82, 2.24) is 0 Å². The minimum Gasteiger partial charge on any atom is -0.314 e. The van der Waals surface area contributed by atoms with Crippen LogP contribution in [0.25, 0.3) is 0 Å². The van der Waals surface area contributed by atoms with Crippen molar-refractivity contribution in [3.63, 3.8) is 0 Å². The Bertz CT molecular complexity index is 813. The van der Waals surface area contributed by atoms with Gasteiger partial charge in [-0.1, -0.05) is 46.2 Å². The van der Waals surface area contributed by atoms with Crippen molar-refractivity contribution >= 4 is 65.9 Å². The number of carbonyl (C=O) groups is 1. The van der Waals surface area contributed by atoms with Gasteiger partial charge in [0.15, 0.2) is 15.0 Å². The quantitative estimate of drug-likeness (QED) is 0.703. The van der Waals surface area contributed by atoms with Gasteiger partial charge < -0.3 is 4.90 Å². The number of fused-ring (bicyclic) bond motifs is 1. The molecular weight excluding hydrogens is 436 g/mol. The maximum absolute atomic E-state index is 12.0. The van der Waals surface area contributed by atoms with E-state index in [-0.39, 0.29) is 28.7 Å². The molecular formula is C15H16BrClN2O3S2. The molecule has 0 aromatic heterocycles. The first kappa shape index (κ1) is 18.2. The number of hydrogen-bond acceptors (Lipinski definition) is 4. The Kier molecular flexibility index (Phi) is 5.30. The molecule has 1 amide bonds. The van der Waals surface area contributed by atoms with Crippen molar-refractivity contribution in [2.24, 2.45) is 4.99 Å². The molecule has 9 heteroatoms. The molecule has 0 spiro atoms. The minimum atomic E-state index is -3.08. The number of rotatable bonds is 3. The highest BCUT2D eigenvalue weighted by atomic mass is 79.9. The van der Waals surface area contributed by atoms with E-state index in [0.29, 0.717) is 22.3 Å². The lowest BCUT2D eigenvalue weighted by Gasteiger charge is -2.25.